The number of carbonyl (C=O) groups excluding carboxylic acids is 1. The highest BCUT2D eigenvalue weighted by atomic mass is 35.5. The number of benzodiazepines with no additional fused rings is 1. The smallest absolute Gasteiger partial charge is 0.325 e. The Balaban J connectivity index is 2.13. The number of ether oxygens (including phenoxy) is 1. The molecule has 0 bridgehead atoms. The van der Waals surface area contributed by atoms with Crippen LogP contribution in [0, 0.1) is 0 Å². The molecule has 0 radical (unpaired) electrons. The van der Waals surface area contributed by atoms with Crippen molar-refractivity contribution in [3.63, 3.8) is 0 Å². The van der Waals surface area contributed by atoms with E-state index in [1.807, 2.05) is 48.5 Å². The van der Waals surface area contributed by atoms with Crippen molar-refractivity contribution in [1.29, 1.82) is 0 Å². The maximum Gasteiger partial charge on any atom is 0.325 e. The summed E-state index contributed by atoms with van der Waals surface area (Å²) in [4.78, 5) is 18.8. The average molecular weight is 359 g/mol. The van der Waals surface area contributed by atoms with E-state index in [2.05, 4.69) is 4.99 Å². The number of benzene rings is 2. The fourth-order valence-electron chi connectivity index (χ4n) is 2.61. The van der Waals surface area contributed by atoms with Crippen LogP contribution in [-0.2, 0) is 9.53 Å². The second-order valence-electron chi connectivity index (χ2n) is 5.22. The number of anilines is 1. The molecule has 0 fully saturated rings. The third kappa shape index (κ3) is 3.18. The predicted molar refractivity (Wildman–Crippen MR) is 100 cm³/mol. The maximum atomic E-state index is 11.8. The monoisotopic (exact) mass is 358 g/mol. The summed E-state index contributed by atoms with van der Waals surface area (Å²) < 4.78 is 4.79. The molecule has 4 nitrogen and oxygen atoms in total. The molecular formula is C18H15ClN2O2S. The molecule has 1 heterocycles. The summed E-state index contributed by atoms with van der Waals surface area (Å²) >= 11 is 11.8. The molecule has 122 valence electrons. The number of esters is 1. The zero-order valence-electron chi connectivity index (χ0n) is 13.0. The van der Waals surface area contributed by atoms with Gasteiger partial charge in [0.15, 0.2) is 0 Å². The van der Waals surface area contributed by atoms with E-state index < -0.39 is 0 Å². The van der Waals surface area contributed by atoms with E-state index in [0.29, 0.717) is 16.6 Å². The Morgan fingerprint density at radius 1 is 1.21 bits per heavy atom. The normalized spacial score (nSPS) is 13.8. The van der Waals surface area contributed by atoms with Gasteiger partial charge < -0.3 is 9.64 Å². The maximum absolute atomic E-state index is 11.8. The van der Waals surface area contributed by atoms with Crippen molar-refractivity contribution in [2.75, 3.05) is 25.1 Å². The highest BCUT2D eigenvalue weighted by Gasteiger charge is 2.25. The van der Waals surface area contributed by atoms with E-state index in [-0.39, 0.29) is 12.5 Å². The van der Waals surface area contributed by atoms with Crippen molar-refractivity contribution >= 4 is 46.2 Å². The number of aliphatic imine (C=N–C) groups is 1. The van der Waals surface area contributed by atoms with E-state index in [0.717, 1.165) is 22.5 Å². The van der Waals surface area contributed by atoms with Gasteiger partial charge in [-0.15, -0.1) is 0 Å². The molecule has 0 N–H and O–H groups in total. The average Bonchev–Trinajstić information content (AvgIpc) is 2.73. The third-order valence-electron chi connectivity index (χ3n) is 3.77. The number of para-hydroxylation sites is 1. The summed E-state index contributed by atoms with van der Waals surface area (Å²) in [7, 11) is 1.36. The minimum absolute atomic E-state index is 0.0532. The van der Waals surface area contributed by atoms with Crippen LogP contribution in [0.4, 0.5) is 5.69 Å². The van der Waals surface area contributed by atoms with Crippen LogP contribution >= 0.6 is 23.8 Å². The molecule has 0 aromatic heterocycles. The van der Waals surface area contributed by atoms with E-state index >= 15 is 0 Å². The molecule has 0 atom stereocenters. The Morgan fingerprint density at radius 2 is 1.88 bits per heavy atom. The first kappa shape index (κ1) is 16.6. The highest BCUT2D eigenvalue weighted by molar-refractivity contribution is 7.80. The molecule has 0 saturated carbocycles. The minimum Gasteiger partial charge on any atom is -0.468 e. The number of hydrogen-bond acceptors (Lipinski definition) is 4. The van der Waals surface area contributed by atoms with Crippen molar-refractivity contribution in [2.45, 2.75) is 0 Å². The standard InChI is InChI=1S/C18H15ClN2O2S/c1-23-17(22)11-21-15-9-5-3-7-13(15)18(20-10-16(21)24)12-6-2-4-8-14(12)19/h2-9H,10-11H2,1H3. The molecule has 0 spiro atoms. The molecule has 2 aromatic carbocycles. The fraction of sp³-hybridized carbons (Fsp3) is 0.167. The van der Waals surface area contributed by atoms with Crippen LogP contribution in [0.2, 0.25) is 5.02 Å². The fourth-order valence-corrected chi connectivity index (χ4v) is 3.06. The van der Waals surface area contributed by atoms with Gasteiger partial charge in [0, 0.05) is 16.1 Å². The second-order valence-corrected chi connectivity index (χ2v) is 6.10. The number of methoxy groups -OCH3 is 1. The molecular weight excluding hydrogens is 344 g/mol. The Kier molecular flexibility index (Phi) is 4.92. The van der Waals surface area contributed by atoms with Gasteiger partial charge in [-0.3, -0.25) is 9.79 Å². The number of carbonyl (C=O) groups is 1. The quantitative estimate of drug-likeness (QED) is 0.622. The Hall–Kier alpha value is -2.24. The number of fused-ring (bicyclic) bond motifs is 1. The van der Waals surface area contributed by atoms with Crippen LogP contribution in [0.1, 0.15) is 11.1 Å². The first-order valence-corrected chi connectivity index (χ1v) is 8.16. The zero-order valence-corrected chi connectivity index (χ0v) is 14.6. The van der Waals surface area contributed by atoms with Crippen molar-refractivity contribution in [1.82, 2.24) is 0 Å². The van der Waals surface area contributed by atoms with Gasteiger partial charge in [0.25, 0.3) is 0 Å². The number of hydrogen-bond donors (Lipinski definition) is 0. The summed E-state index contributed by atoms with van der Waals surface area (Å²) in [6, 6.07) is 15.3. The summed E-state index contributed by atoms with van der Waals surface area (Å²) in [6.07, 6.45) is 0. The lowest BCUT2D eigenvalue weighted by molar-refractivity contribution is -0.138. The number of nitrogens with zero attached hydrogens (tertiary/aromatic N) is 2. The Morgan fingerprint density at radius 3 is 2.58 bits per heavy atom. The van der Waals surface area contributed by atoms with Crippen LogP contribution < -0.4 is 4.90 Å². The SMILES string of the molecule is COC(=O)CN1C(=S)CN=C(c2ccccc2Cl)c2ccccc21. The van der Waals surface area contributed by atoms with Crippen LogP contribution in [0.5, 0.6) is 0 Å². The lowest BCUT2D eigenvalue weighted by Gasteiger charge is -2.23. The summed E-state index contributed by atoms with van der Waals surface area (Å²) in [5.74, 6) is -0.353. The van der Waals surface area contributed by atoms with Gasteiger partial charge in [-0.1, -0.05) is 60.2 Å². The van der Waals surface area contributed by atoms with Gasteiger partial charge >= 0.3 is 5.97 Å². The molecule has 0 unspecified atom stereocenters. The van der Waals surface area contributed by atoms with Crippen LogP contribution in [-0.4, -0.2) is 36.9 Å². The van der Waals surface area contributed by atoms with Crippen LogP contribution in [0.3, 0.4) is 0 Å². The summed E-state index contributed by atoms with van der Waals surface area (Å²) in [6.45, 7) is 0.360. The molecule has 3 rings (SSSR count). The topological polar surface area (TPSA) is 41.9 Å². The first-order chi connectivity index (χ1) is 11.6. The van der Waals surface area contributed by atoms with Crippen molar-refractivity contribution in [2.24, 2.45) is 4.99 Å². The van der Waals surface area contributed by atoms with Gasteiger partial charge in [0.2, 0.25) is 0 Å². The lowest BCUT2D eigenvalue weighted by Crippen LogP contribution is -2.36. The molecule has 1 aliphatic rings. The summed E-state index contributed by atoms with van der Waals surface area (Å²) in [5, 5.41) is 0.624. The number of halogens is 1. The molecule has 0 aliphatic carbocycles. The molecule has 2 aromatic rings. The molecule has 6 heteroatoms. The predicted octanol–water partition coefficient (Wildman–Crippen LogP) is 3.50. The Bertz CT molecular complexity index is 835. The van der Waals surface area contributed by atoms with Gasteiger partial charge in [-0.2, -0.15) is 0 Å². The van der Waals surface area contributed by atoms with Crippen LogP contribution in [0.15, 0.2) is 53.5 Å². The largest absolute Gasteiger partial charge is 0.468 e. The van der Waals surface area contributed by atoms with Gasteiger partial charge in [-0.25, -0.2) is 0 Å². The number of rotatable bonds is 3. The van der Waals surface area contributed by atoms with E-state index in [1.54, 1.807) is 4.90 Å². The minimum atomic E-state index is -0.353. The van der Waals surface area contributed by atoms with E-state index in [1.165, 1.54) is 7.11 Å². The lowest BCUT2D eigenvalue weighted by atomic mass is 10.00. The van der Waals surface area contributed by atoms with Gasteiger partial charge in [-0.05, 0) is 12.1 Å². The second kappa shape index (κ2) is 7.11. The number of thiocarbonyl (C=S) groups is 1. The van der Waals surface area contributed by atoms with Crippen molar-refractivity contribution in [3.05, 3.63) is 64.7 Å². The highest BCUT2D eigenvalue weighted by Crippen LogP contribution is 2.29. The van der Waals surface area contributed by atoms with E-state index in [4.69, 9.17) is 28.6 Å². The molecule has 0 saturated heterocycles. The molecule has 24 heavy (non-hydrogen) atoms. The molecule has 1 aliphatic heterocycles. The van der Waals surface area contributed by atoms with Gasteiger partial charge in [0.1, 0.15) is 11.5 Å². The van der Waals surface area contributed by atoms with Crippen LogP contribution in [0.25, 0.3) is 0 Å². The van der Waals surface area contributed by atoms with Gasteiger partial charge in [0.05, 0.1) is 25.1 Å². The van der Waals surface area contributed by atoms with Crippen molar-refractivity contribution < 1.29 is 9.53 Å². The zero-order chi connectivity index (χ0) is 17.1. The first-order valence-electron chi connectivity index (χ1n) is 7.37. The van der Waals surface area contributed by atoms with E-state index in [9.17, 15) is 4.79 Å². The molecule has 0 amide bonds. The third-order valence-corrected chi connectivity index (χ3v) is 4.45. The Labute approximate surface area is 150 Å². The van der Waals surface area contributed by atoms with Crippen molar-refractivity contribution in [3.8, 4) is 0 Å². The summed E-state index contributed by atoms with van der Waals surface area (Å²) in [5.41, 5.74) is 3.32.